The first-order chi connectivity index (χ1) is 13.7. The van der Waals surface area contributed by atoms with Crippen molar-refractivity contribution in [2.24, 2.45) is 4.99 Å². The van der Waals surface area contributed by atoms with Crippen molar-refractivity contribution in [2.45, 2.75) is 42.5 Å². The molecule has 1 aliphatic heterocycles. The van der Waals surface area contributed by atoms with E-state index in [2.05, 4.69) is 74.9 Å². The Hall–Kier alpha value is -2.05. The van der Waals surface area contributed by atoms with E-state index in [1.165, 1.54) is 4.90 Å². The fraction of sp³-hybridized carbons (Fsp3) is 0.455. The number of thioether (sulfide) groups is 1. The molecule has 1 aromatic carbocycles. The summed E-state index contributed by atoms with van der Waals surface area (Å²) < 4.78 is 0. The molecule has 6 heteroatoms. The minimum atomic E-state index is 0.473. The molecule has 3 rings (SSSR count). The molecule has 1 unspecified atom stereocenters. The van der Waals surface area contributed by atoms with Gasteiger partial charge < -0.3 is 10.6 Å². The number of nitrogens with zero attached hydrogens (tertiary/aromatic N) is 3. The van der Waals surface area contributed by atoms with Gasteiger partial charge in [0.2, 0.25) is 0 Å². The molecule has 0 radical (unpaired) electrons. The van der Waals surface area contributed by atoms with Crippen LogP contribution >= 0.6 is 11.8 Å². The maximum atomic E-state index is 4.44. The van der Waals surface area contributed by atoms with Crippen LogP contribution in [0.15, 0.2) is 64.6 Å². The van der Waals surface area contributed by atoms with Crippen LogP contribution in [0.25, 0.3) is 0 Å². The topological polar surface area (TPSA) is 52.6 Å². The Morgan fingerprint density at radius 2 is 1.93 bits per heavy atom. The van der Waals surface area contributed by atoms with E-state index in [1.54, 1.807) is 0 Å². The summed E-state index contributed by atoms with van der Waals surface area (Å²) in [6, 6.07) is 17.2. The van der Waals surface area contributed by atoms with E-state index in [4.69, 9.17) is 0 Å². The monoisotopic (exact) mass is 397 g/mol. The van der Waals surface area contributed by atoms with Crippen molar-refractivity contribution in [3.05, 3.63) is 60.4 Å². The number of pyridine rings is 1. The molecule has 0 saturated carbocycles. The van der Waals surface area contributed by atoms with Gasteiger partial charge in [0.1, 0.15) is 0 Å². The highest BCUT2D eigenvalue weighted by molar-refractivity contribution is 8.00. The highest BCUT2D eigenvalue weighted by Crippen LogP contribution is 2.22. The predicted molar refractivity (Wildman–Crippen MR) is 119 cm³/mol. The van der Waals surface area contributed by atoms with E-state index < -0.39 is 0 Å². The highest BCUT2D eigenvalue weighted by Gasteiger charge is 2.20. The van der Waals surface area contributed by atoms with Gasteiger partial charge in [0.25, 0.3) is 0 Å². The number of rotatable bonds is 7. The smallest absolute Gasteiger partial charge is 0.191 e. The molecule has 2 N–H and O–H groups in total. The van der Waals surface area contributed by atoms with Crippen LogP contribution in [0, 0.1) is 0 Å². The summed E-state index contributed by atoms with van der Waals surface area (Å²) in [5.74, 6) is 0.906. The third-order valence-electron chi connectivity index (χ3n) is 4.90. The molecular weight excluding hydrogens is 366 g/mol. The molecule has 1 aromatic heterocycles. The summed E-state index contributed by atoms with van der Waals surface area (Å²) >= 11 is 1.89. The van der Waals surface area contributed by atoms with E-state index in [1.807, 2.05) is 31.1 Å². The minimum absolute atomic E-state index is 0.473. The minimum Gasteiger partial charge on any atom is -0.355 e. The summed E-state index contributed by atoms with van der Waals surface area (Å²) in [4.78, 5) is 12.6. The SMILES string of the molecule is CN=C(NCC(C)Sc1ccccc1)NC1CCN(Cc2ccccn2)CC1. The first-order valence-electron chi connectivity index (χ1n) is 10.0. The number of aliphatic imine (C=N–C) groups is 1. The van der Waals surface area contributed by atoms with Crippen LogP contribution in [0.3, 0.4) is 0 Å². The summed E-state index contributed by atoms with van der Waals surface area (Å²) in [5.41, 5.74) is 1.15. The number of nitrogens with one attached hydrogen (secondary N) is 2. The molecule has 28 heavy (non-hydrogen) atoms. The van der Waals surface area contributed by atoms with Crippen molar-refractivity contribution in [1.82, 2.24) is 20.5 Å². The second-order valence-corrected chi connectivity index (χ2v) is 8.72. The third-order valence-corrected chi connectivity index (χ3v) is 6.01. The van der Waals surface area contributed by atoms with Gasteiger partial charge in [-0.15, -0.1) is 11.8 Å². The molecular formula is C22H31N5S. The van der Waals surface area contributed by atoms with Gasteiger partial charge in [-0.25, -0.2) is 0 Å². The van der Waals surface area contributed by atoms with Crippen LogP contribution in [0.4, 0.5) is 0 Å². The maximum absolute atomic E-state index is 4.44. The number of hydrogen-bond acceptors (Lipinski definition) is 4. The Kier molecular flexibility index (Phi) is 8.18. The molecule has 1 fully saturated rings. The summed E-state index contributed by atoms with van der Waals surface area (Å²) in [5, 5.41) is 7.55. The second-order valence-electron chi connectivity index (χ2n) is 7.21. The first-order valence-corrected chi connectivity index (χ1v) is 10.9. The first kappa shape index (κ1) is 20.7. The largest absolute Gasteiger partial charge is 0.355 e. The van der Waals surface area contributed by atoms with Gasteiger partial charge in [-0.2, -0.15) is 0 Å². The molecule has 1 aliphatic rings. The Bertz CT molecular complexity index is 714. The molecule has 5 nitrogen and oxygen atoms in total. The number of likely N-dealkylation sites (tertiary alicyclic amines) is 1. The zero-order valence-electron chi connectivity index (χ0n) is 16.8. The van der Waals surface area contributed by atoms with Crippen molar-refractivity contribution in [3.8, 4) is 0 Å². The van der Waals surface area contributed by atoms with E-state index in [0.717, 1.165) is 50.7 Å². The second kappa shape index (κ2) is 11.1. The van der Waals surface area contributed by atoms with Gasteiger partial charge in [-0.05, 0) is 37.1 Å². The van der Waals surface area contributed by atoms with Gasteiger partial charge in [0, 0.05) is 55.6 Å². The van der Waals surface area contributed by atoms with Crippen molar-refractivity contribution >= 4 is 17.7 Å². The fourth-order valence-electron chi connectivity index (χ4n) is 3.36. The highest BCUT2D eigenvalue weighted by atomic mass is 32.2. The van der Waals surface area contributed by atoms with Crippen molar-refractivity contribution < 1.29 is 0 Å². The molecule has 0 amide bonds. The summed E-state index contributed by atoms with van der Waals surface area (Å²) in [7, 11) is 1.85. The van der Waals surface area contributed by atoms with Crippen LogP contribution in [0.5, 0.6) is 0 Å². The van der Waals surface area contributed by atoms with Gasteiger partial charge in [-0.1, -0.05) is 31.2 Å². The van der Waals surface area contributed by atoms with Gasteiger partial charge in [0.05, 0.1) is 5.69 Å². The Balaban J connectivity index is 1.37. The molecule has 0 bridgehead atoms. The molecule has 1 atom stereocenters. The van der Waals surface area contributed by atoms with Crippen LogP contribution in [-0.2, 0) is 6.54 Å². The lowest BCUT2D eigenvalue weighted by atomic mass is 10.0. The zero-order valence-corrected chi connectivity index (χ0v) is 17.7. The Labute approximate surface area is 173 Å². The Morgan fingerprint density at radius 3 is 2.61 bits per heavy atom. The van der Waals surface area contributed by atoms with E-state index in [0.29, 0.717) is 11.3 Å². The summed E-state index contributed by atoms with van der Waals surface area (Å²) in [6.07, 6.45) is 4.13. The molecule has 150 valence electrons. The normalized spacial score (nSPS) is 17.3. The van der Waals surface area contributed by atoms with Gasteiger partial charge >= 0.3 is 0 Å². The molecule has 2 heterocycles. The molecule has 0 spiro atoms. The van der Waals surface area contributed by atoms with E-state index in [9.17, 15) is 0 Å². The van der Waals surface area contributed by atoms with E-state index in [-0.39, 0.29) is 0 Å². The molecule has 1 saturated heterocycles. The quantitative estimate of drug-likeness (QED) is 0.426. The van der Waals surface area contributed by atoms with Crippen molar-refractivity contribution in [1.29, 1.82) is 0 Å². The predicted octanol–water partition coefficient (Wildman–Crippen LogP) is 3.39. The van der Waals surface area contributed by atoms with Crippen LogP contribution < -0.4 is 10.6 Å². The lowest BCUT2D eigenvalue weighted by molar-refractivity contribution is 0.196. The molecule has 2 aromatic rings. The third kappa shape index (κ3) is 6.84. The standard InChI is InChI=1S/C22H31N5S/c1-18(28-21-9-4-3-5-10-21)16-25-22(23-2)26-19-11-14-27(15-12-19)17-20-8-6-7-13-24-20/h3-10,13,18-19H,11-12,14-17H2,1-2H3,(H2,23,25,26). The summed E-state index contributed by atoms with van der Waals surface area (Å²) in [6.45, 7) is 6.25. The number of piperidine rings is 1. The number of hydrogen-bond donors (Lipinski definition) is 2. The Morgan fingerprint density at radius 1 is 1.18 bits per heavy atom. The molecule has 0 aliphatic carbocycles. The van der Waals surface area contributed by atoms with Crippen molar-refractivity contribution in [2.75, 3.05) is 26.7 Å². The zero-order chi connectivity index (χ0) is 19.6. The van der Waals surface area contributed by atoms with Crippen LogP contribution in [-0.4, -0.2) is 53.8 Å². The number of benzene rings is 1. The van der Waals surface area contributed by atoms with Gasteiger partial charge in [0.15, 0.2) is 5.96 Å². The lowest BCUT2D eigenvalue weighted by Gasteiger charge is -2.33. The average Bonchev–Trinajstić information content (AvgIpc) is 2.74. The lowest BCUT2D eigenvalue weighted by Crippen LogP contribution is -2.49. The van der Waals surface area contributed by atoms with Crippen LogP contribution in [0.1, 0.15) is 25.5 Å². The van der Waals surface area contributed by atoms with Crippen molar-refractivity contribution in [3.63, 3.8) is 0 Å². The maximum Gasteiger partial charge on any atom is 0.191 e. The number of aromatic nitrogens is 1. The van der Waals surface area contributed by atoms with E-state index >= 15 is 0 Å². The van der Waals surface area contributed by atoms with Crippen LogP contribution in [0.2, 0.25) is 0 Å². The number of guanidine groups is 1. The average molecular weight is 398 g/mol. The fourth-order valence-corrected chi connectivity index (χ4v) is 4.30. The van der Waals surface area contributed by atoms with Gasteiger partial charge in [-0.3, -0.25) is 14.9 Å².